The third kappa shape index (κ3) is 5.89. The number of rotatable bonds is 6. The molecule has 1 fully saturated rings. The summed E-state index contributed by atoms with van der Waals surface area (Å²) in [5, 5.41) is 9.34. The molecule has 1 saturated heterocycles. The summed E-state index contributed by atoms with van der Waals surface area (Å²) in [6.07, 6.45) is -2.25. The molecule has 35 heavy (non-hydrogen) atoms. The lowest BCUT2D eigenvalue weighted by molar-refractivity contribution is -0.145. The number of pyridine rings is 1. The molecule has 1 aromatic heterocycles. The predicted molar refractivity (Wildman–Crippen MR) is 127 cm³/mol. The van der Waals surface area contributed by atoms with Gasteiger partial charge in [0.2, 0.25) is 0 Å². The van der Waals surface area contributed by atoms with Crippen LogP contribution in [-0.2, 0) is 23.9 Å². The second kappa shape index (κ2) is 10.0. The lowest BCUT2D eigenvalue weighted by Crippen LogP contribution is -2.53. The number of aliphatic carboxylic acids is 1. The van der Waals surface area contributed by atoms with E-state index in [0.29, 0.717) is 43.4 Å². The number of aromatic nitrogens is 1. The first-order chi connectivity index (χ1) is 16.5. The molecule has 2 aliphatic heterocycles. The van der Waals surface area contributed by atoms with E-state index in [0.717, 1.165) is 48.5 Å². The zero-order chi connectivity index (χ0) is 25.3. The molecule has 190 valence electrons. The maximum atomic E-state index is 13.0. The summed E-state index contributed by atoms with van der Waals surface area (Å²) < 4.78 is 44.7. The summed E-state index contributed by atoms with van der Waals surface area (Å²) in [5.74, 6) is 0.707. The summed E-state index contributed by atoms with van der Waals surface area (Å²) in [6, 6.07) is 6.79. The van der Waals surface area contributed by atoms with Crippen LogP contribution in [0.2, 0.25) is 0 Å². The molecule has 2 aromatic rings. The second-order valence-electron chi connectivity index (χ2n) is 9.99. The van der Waals surface area contributed by atoms with Gasteiger partial charge in [0.1, 0.15) is 11.6 Å². The molecule has 4 rings (SSSR count). The third-order valence-corrected chi connectivity index (χ3v) is 6.78. The first-order valence-corrected chi connectivity index (χ1v) is 12.1. The minimum absolute atomic E-state index is 0.124. The number of fused-ring (bicyclic) bond motifs is 1. The lowest BCUT2D eigenvalue weighted by atomic mass is 9.95. The van der Waals surface area contributed by atoms with Gasteiger partial charge in [-0.05, 0) is 67.0 Å². The molecule has 2 atom stereocenters. The number of carbonyl (C=O) groups is 1. The summed E-state index contributed by atoms with van der Waals surface area (Å²) >= 11 is 0. The van der Waals surface area contributed by atoms with Crippen molar-refractivity contribution in [3.63, 3.8) is 0 Å². The van der Waals surface area contributed by atoms with Crippen molar-refractivity contribution in [2.75, 3.05) is 24.5 Å². The quantitative estimate of drug-likeness (QED) is 0.619. The molecule has 2 aliphatic rings. The highest BCUT2D eigenvalue weighted by molar-refractivity contribution is 5.73. The summed E-state index contributed by atoms with van der Waals surface area (Å²) in [7, 11) is 0. The number of nitrogens with zero attached hydrogens (tertiary/aromatic N) is 3. The number of hydrogen-bond donors (Lipinski definition) is 1. The van der Waals surface area contributed by atoms with Crippen molar-refractivity contribution in [1.82, 2.24) is 9.88 Å². The van der Waals surface area contributed by atoms with Crippen molar-refractivity contribution in [2.24, 2.45) is 5.92 Å². The van der Waals surface area contributed by atoms with Gasteiger partial charge in [0.25, 0.3) is 0 Å². The molecule has 1 aromatic carbocycles. The first kappa shape index (κ1) is 25.3. The van der Waals surface area contributed by atoms with Gasteiger partial charge in [-0.2, -0.15) is 13.2 Å². The fraction of sp³-hybridized carbons (Fsp3) is 0.538. The van der Waals surface area contributed by atoms with Crippen LogP contribution in [0.25, 0.3) is 0 Å². The third-order valence-electron chi connectivity index (χ3n) is 6.78. The van der Waals surface area contributed by atoms with Crippen LogP contribution >= 0.6 is 0 Å². The average Bonchev–Trinajstić information content (AvgIpc) is 2.78. The number of ether oxygens (including phenoxy) is 1. The maximum absolute atomic E-state index is 13.0. The number of anilines is 1. The number of carboxylic acid groups (broad SMARTS) is 1. The number of piperazine rings is 1. The Balaban J connectivity index is 1.49. The van der Waals surface area contributed by atoms with E-state index in [1.54, 1.807) is 0 Å². The summed E-state index contributed by atoms with van der Waals surface area (Å²) in [4.78, 5) is 20.0. The minimum Gasteiger partial charge on any atom is -0.479 e. The van der Waals surface area contributed by atoms with E-state index < -0.39 is 23.8 Å². The number of alkyl halides is 3. The molecule has 0 spiro atoms. The number of hydrogen-bond acceptors (Lipinski definition) is 5. The Hall–Kier alpha value is -2.81. The van der Waals surface area contributed by atoms with Crippen LogP contribution in [0.4, 0.5) is 19.0 Å². The fourth-order valence-electron chi connectivity index (χ4n) is 5.13. The monoisotopic (exact) mass is 491 g/mol. The van der Waals surface area contributed by atoms with Crippen LogP contribution in [0.1, 0.15) is 48.9 Å². The Labute approximate surface area is 203 Å². The van der Waals surface area contributed by atoms with Gasteiger partial charge in [0, 0.05) is 38.4 Å². The van der Waals surface area contributed by atoms with Gasteiger partial charge < -0.3 is 14.7 Å². The smallest absolute Gasteiger partial charge is 0.417 e. The number of halogens is 3. The zero-order valence-corrected chi connectivity index (χ0v) is 20.3. The highest BCUT2D eigenvalue weighted by Gasteiger charge is 2.33. The normalized spacial score (nSPS) is 21.1. The predicted octanol–water partition coefficient (Wildman–Crippen LogP) is 4.92. The van der Waals surface area contributed by atoms with Crippen molar-refractivity contribution in [1.29, 1.82) is 0 Å². The van der Waals surface area contributed by atoms with E-state index in [9.17, 15) is 23.1 Å². The fourth-order valence-corrected chi connectivity index (χ4v) is 5.13. The zero-order valence-electron chi connectivity index (χ0n) is 20.3. The van der Waals surface area contributed by atoms with Crippen LogP contribution in [0.3, 0.4) is 0 Å². The van der Waals surface area contributed by atoms with E-state index in [1.165, 1.54) is 6.07 Å². The first-order valence-electron chi connectivity index (χ1n) is 12.1. The highest BCUT2D eigenvalue weighted by atomic mass is 19.4. The van der Waals surface area contributed by atoms with E-state index in [1.807, 2.05) is 13.0 Å². The molecule has 0 aliphatic carbocycles. The van der Waals surface area contributed by atoms with E-state index >= 15 is 0 Å². The van der Waals surface area contributed by atoms with Crippen LogP contribution < -0.4 is 9.64 Å². The van der Waals surface area contributed by atoms with E-state index in [4.69, 9.17) is 4.74 Å². The van der Waals surface area contributed by atoms with Gasteiger partial charge in [0.05, 0.1) is 5.56 Å². The van der Waals surface area contributed by atoms with Gasteiger partial charge in [-0.25, -0.2) is 9.78 Å². The molecule has 0 bridgehead atoms. The molecular formula is C26H32F3N3O3. The Morgan fingerprint density at radius 1 is 1.26 bits per heavy atom. The molecule has 9 heteroatoms. The van der Waals surface area contributed by atoms with E-state index in [2.05, 4.69) is 34.7 Å². The maximum Gasteiger partial charge on any atom is 0.417 e. The minimum atomic E-state index is -4.40. The Morgan fingerprint density at radius 3 is 2.66 bits per heavy atom. The number of benzene rings is 1. The van der Waals surface area contributed by atoms with Crippen LogP contribution in [-0.4, -0.2) is 52.7 Å². The molecular weight excluding hydrogens is 459 g/mol. The van der Waals surface area contributed by atoms with E-state index in [-0.39, 0.29) is 6.04 Å². The standard InChI is InChI=1S/C26H32F3N3O3/c1-16(2)10-20-15-31(8-9-32(20)24-7-4-19(13-30-24)26(27,28)29)14-18-11-17(3)21-5-6-22(25(33)34)35-23(21)12-18/h4,7,11-13,16,20,22H,5-6,8-10,14-15H2,1-3H3,(H,33,34)/t20-,22?/m1/s1. The summed E-state index contributed by atoms with van der Waals surface area (Å²) in [5.41, 5.74) is 2.50. The van der Waals surface area contributed by atoms with Crippen LogP contribution in [0.15, 0.2) is 30.5 Å². The molecule has 1 unspecified atom stereocenters. The van der Waals surface area contributed by atoms with Crippen molar-refractivity contribution >= 4 is 11.8 Å². The van der Waals surface area contributed by atoms with Crippen LogP contribution in [0.5, 0.6) is 5.75 Å². The van der Waals surface area contributed by atoms with Gasteiger partial charge in [0.15, 0.2) is 6.10 Å². The lowest BCUT2D eigenvalue weighted by Gasteiger charge is -2.43. The van der Waals surface area contributed by atoms with Crippen molar-refractivity contribution in [3.05, 3.63) is 52.7 Å². The SMILES string of the molecule is Cc1cc(CN2CCN(c3ccc(C(F)(F)F)cn3)[C@H](CC(C)C)C2)cc2c1CCC(C(=O)O)O2. The van der Waals surface area contributed by atoms with Crippen molar-refractivity contribution in [3.8, 4) is 5.75 Å². The molecule has 0 amide bonds. The van der Waals surface area contributed by atoms with Crippen molar-refractivity contribution in [2.45, 2.75) is 64.9 Å². The molecule has 0 radical (unpaired) electrons. The number of aryl methyl sites for hydroxylation is 1. The summed E-state index contributed by atoms with van der Waals surface area (Å²) in [6.45, 7) is 9.17. The number of carboxylic acids is 1. The van der Waals surface area contributed by atoms with Crippen molar-refractivity contribution < 1.29 is 27.8 Å². The largest absolute Gasteiger partial charge is 0.479 e. The molecule has 6 nitrogen and oxygen atoms in total. The Kier molecular flexibility index (Phi) is 7.26. The Morgan fingerprint density at radius 2 is 2.03 bits per heavy atom. The van der Waals surface area contributed by atoms with Gasteiger partial charge in [-0.15, -0.1) is 0 Å². The molecule has 0 saturated carbocycles. The average molecular weight is 492 g/mol. The highest BCUT2D eigenvalue weighted by Crippen LogP contribution is 2.33. The van der Waals surface area contributed by atoms with Gasteiger partial charge in [-0.3, -0.25) is 4.90 Å². The molecule has 1 N–H and O–H groups in total. The molecule has 3 heterocycles. The van der Waals surface area contributed by atoms with Gasteiger partial charge >= 0.3 is 12.1 Å². The van der Waals surface area contributed by atoms with Crippen LogP contribution in [0, 0.1) is 12.8 Å². The second-order valence-corrected chi connectivity index (χ2v) is 9.99. The van der Waals surface area contributed by atoms with Gasteiger partial charge in [-0.1, -0.05) is 19.9 Å². The Bertz CT molecular complexity index is 1060. The topological polar surface area (TPSA) is 65.9 Å².